The Kier molecular flexibility index (Phi) is 5.74. The molecule has 148 valence electrons. The number of imidazole rings is 1. The van der Waals surface area contributed by atoms with Crippen LogP contribution in [0.4, 0.5) is 10.2 Å². The van der Waals surface area contributed by atoms with E-state index in [4.69, 9.17) is 4.74 Å². The molecule has 1 N–H and O–H groups in total. The molecule has 1 saturated heterocycles. The Morgan fingerprint density at radius 2 is 2.17 bits per heavy atom. The van der Waals surface area contributed by atoms with E-state index in [0.717, 1.165) is 18.9 Å². The molecule has 0 saturated carbocycles. The lowest BCUT2D eigenvalue weighted by Gasteiger charge is -2.33. The highest BCUT2D eigenvalue weighted by Crippen LogP contribution is 2.14. The fourth-order valence-corrected chi connectivity index (χ4v) is 3.08. The summed E-state index contributed by atoms with van der Waals surface area (Å²) in [5.41, 5.74) is 0.666. The molecule has 0 bridgehead atoms. The number of halogens is 1. The van der Waals surface area contributed by atoms with Crippen molar-refractivity contribution < 1.29 is 9.13 Å². The molecule has 29 heavy (non-hydrogen) atoms. The molecule has 4 heterocycles. The van der Waals surface area contributed by atoms with Gasteiger partial charge in [-0.15, -0.1) is 0 Å². The van der Waals surface area contributed by atoms with Crippen molar-refractivity contribution in [1.82, 2.24) is 29.8 Å². The van der Waals surface area contributed by atoms with Gasteiger partial charge in [-0.2, -0.15) is 9.37 Å². The molecule has 3 aromatic rings. The van der Waals surface area contributed by atoms with E-state index in [1.54, 1.807) is 42.8 Å². The smallest absolute Gasteiger partial charge is 0.249 e. The second-order valence-electron chi connectivity index (χ2n) is 6.55. The molecular weight excluding hydrogens is 373 g/mol. The molecule has 4 rings (SSSR count). The maximum Gasteiger partial charge on any atom is 0.249 e. The fraction of sp³-hybridized carbons (Fsp3) is 0.300. The van der Waals surface area contributed by atoms with Gasteiger partial charge in [-0.1, -0.05) is 5.92 Å². The number of nitrogens with one attached hydrogen (secondary N) is 1. The van der Waals surface area contributed by atoms with E-state index in [9.17, 15) is 4.39 Å². The van der Waals surface area contributed by atoms with Crippen LogP contribution >= 0.6 is 0 Å². The van der Waals surface area contributed by atoms with Crippen LogP contribution in [0.5, 0.6) is 0 Å². The van der Waals surface area contributed by atoms with Gasteiger partial charge in [0.15, 0.2) is 11.5 Å². The number of methoxy groups -OCH3 is 1. The quantitative estimate of drug-likeness (QED) is 0.663. The molecule has 8 nitrogen and oxygen atoms in total. The Labute approximate surface area is 167 Å². The van der Waals surface area contributed by atoms with Gasteiger partial charge in [-0.3, -0.25) is 4.57 Å². The summed E-state index contributed by atoms with van der Waals surface area (Å²) in [6, 6.07) is 3.81. The van der Waals surface area contributed by atoms with Crippen LogP contribution in [0.2, 0.25) is 0 Å². The summed E-state index contributed by atoms with van der Waals surface area (Å²) in [5, 5.41) is 3.36. The van der Waals surface area contributed by atoms with E-state index in [1.165, 1.54) is 0 Å². The zero-order chi connectivity index (χ0) is 20.1. The monoisotopic (exact) mass is 393 g/mol. The first kappa shape index (κ1) is 19.0. The number of hydrogen-bond donors (Lipinski definition) is 1. The van der Waals surface area contributed by atoms with E-state index < -0.39 is 5.95 Å². The SMILES string of the molecule is COC[C@H]1CN(c2cnc(C#Cc3ccc(-n4ccnc4)nc3)c(F)n2)CCN1. The Morgan fingerprint density at radius 3 is 2.90 bits per heavy atom. The first-order chi connectivity index (χ1) is 14.2. The molecule has 0 aliphatic carbocycles. The van der Waals surface area contributed by atoms with Gasteiger partial charge in [0, 0.05) is 56.9 Å². The van der Waals surface area contributed by atoms with Gasteiger partial charge in [-0.05, 0) is 18.1 Å². The highest BCUT2D eigenvalue weighted by molar-refractivity contribution is 5.43. The summed E-state index contributed by atoms with van der Waals surface area (Å²) in [4.78, 5) is 18.5. The topological polar surface area (TPSA) is 81.0 Å². The molecule has 0 unspecified atom stereocenters. The van der Waals surface area contributed by atoms with Crippen molar-refractivity contribution in [3.05, 3.63) is 60.5 Å². The van der Waals surface area contributed by atoms with Crippen molar-refractivity contribution in [1.29, 1.82) is 0 Å². The molecule has 9 heteroatoms. The van der Waals surface area contributed by atoms with Crippen LogP contribution in [0, 0.1) is 17.8 Å². The van der Waals surface area contributed by atoms with E-state index >= 15 is 0 Å². The van der Waals surface area contributed by atoms with Crippen molar-refractivity contribution in [3.63, 3.8) is 0 Å². The molecule has 3 aromatic heterocycles. The maximum atomic E-state index is 14.4. The third-order valence-corrected chi connectivity index (χ3v) is 4.51. The van der Waals surface area contributed by atoms with Gasteiger partial charge < -0.3 is 15.0 Å². The lowest BCUT2D eigenvalue weighted by atomic mass is 10.2. The molecule has 1 atom stereocenters. The first-order valence-electron chi connectivity index (χ1n) is 9.19. The van der Waals surface area contributed by atoms with Crippen molar-refractivity contribution in [2.24, 2.45) is 0 Å². The molecule has 0 spiro atoms. The van der Waals surface area contributed by atoms with Gasteiger partial charge in [-0.25, -0.2) is 15.0 Å². The summed E-state index contributed by atoms with van der Waals surface area (Å²) >= 11 is 0. The molecule has 1 fully saturated rings. The highest BCUT2D eigenvalue weighted by atomic mass is 19.1. The average molecular weight is 393 g/mol. The number of pyridine rings is 1. The first-order valence-corrected chi connectivity index (χ1v) is 9.19. The minimum atomic E-state index is -0.681. The van der Waals surface area contributed by atoms with Crippen molar-refractivity contribution in [2.75, 3.05) is 38.3 Å². The highest BCUT2D eigenvalue weighted by Gasteiger charge is 2.21. The van der Waals surface area contributed by atoms with Crippen LogP contribution in [0.1, 0.15) is 11.3 Å². The number of rotatable bonds is 4. The second-order valence-corrected chi connectivity index (χ2v) is 6.55. The third kappa shape index (κ3) is 4.56. The maximum absolute atomic E-state index is 14.4. The fourth-order valence-electron chi connectivity index (χ4n) is 3.08. The minimum absolute atomic E-state index is 0.0102. The standard InChI is InChI=1S/C20H20FN7O/c1-29-13-16-12-27(9-7-23-16)19-11-24-17(20(21)26-19)4-2-15-3-5-18(25-10-15)28-8-6-22-14-28/h3,5-6,8,10-11,14,16,23H,7,9,12-13H2,1H3/t16-/m1/s1. The second kappa shape index (κ2) is 8.77. The zero-order valence-corrected chi connectivity index (χ0v) is 15.9. The van der Waals surface area contributed by atoms with Crippen molar-refractivity contribution >= 4 is 5.82 Å². The van der Waals surface area contributed by atoms with Crippen LogP contribution < -0.4 is 10.2 Å². The van der Waals surface area contributed by atoms with Crippen LogP contribution in [-0.2, 0) is 4.74 Å². The number of ether oxygens (including phenoxy) is 1. The molecule has 1 aliphatic rings. The molecule has 1 aliphatic heterocycles. The molecular formula is C20H20FN7O. The van der Waals surface area contributed by atoms with Crippen LogP contribution in [0.3, 0.4) is 0 Å². The Bertz CT molecular complexity index is 1010. The van der Waals surface area contributed by atoms with E-state index in [2.05, 4.69) is 37.1 Å². The average Bonchev–Trinajstić information content (AvgIpc) is 3.29. The predicted molar refractivity (Wildman–Crippen MR) is 105 cm³/mol. The molecule has 0 aromatic carbocycles. The van der Waals surface area contributed by atoms with E-state index in [-0.39, 0.29) is 11.7 Å². The van der Waals surface area contributed by atoms with Crippen molar-refractivity contribution in [2.45, 2.75) is 6.04 Å². The Hall–Kier alpha value is -3.35. The summed E-state index contributed by atoms with van der Waals surface area (Å²) in [6.45, 7) is 2.78. The van der Waals surface area contributed by atoms with E-state index in [0.29, 0.717) is 24.5 Å². The third-order valence-electron chi connectivity index (χ3n) is 4.51. The minimum Gasteiger partial charge on any atom is -0.383 e. The Morgan fingerprint density at radius 1 is 1.24 bits per heavy atom. The van der Waals surface area contributed by atoms with Gasteiger partial charge in [0.1, 0.15) is 12.1 Å². The van der Waals surface area contributed by atoms with Crippen LogP contribution in [0.25, 0.3) is 5.82 Å². The zero-order valence-electron chi connectivity index (χ0n) is 15.9. The summed E-state index contributed by atoms with van der Waals surface area (Å²) in [5.74, 6) is 6.16. The lowest BCUT2D eigenvalue weighted by molar-refractivity contribution is 0.163. The molecule has 0 amide bonds. The largest absolute Gasteiger partial charge is 0.383 e. The number of nitrogens with zero attached hydrogens (tertiary/aromatic N) is 6. The molecule has 0 radical (unpaired) electrons. The Balaban J connectivity index is 1.46. The predicted octanol–water partition coefficient (Wildman–Crippen LogP) is 1.02. The summed E-state index contributed by atoms with van der Waals surface area (Å²) in [6.07, 6.45) is 8.33. The summed E-state index contributed by atoms with van der Waals surface area (Å²) in [7, 11) is 1.66. The van der Waals surface area contributed by atoms with Crippen molar-refractivity contribution in [3.8, 4) is 17.7 Å². The lowest BCUT2D eigenvalue weighted by Crippen LogP contribution is -2.52. The van der Waals surface area contributed by atoms with Gasteiger partial charge in [0.2, 0.25) is 5.95 Å². The van der Waals surface area contributed by atoms with Crippen LogP contribution in [0.15, 0.2) is 43.2 Å². The number of anilines is 1. The van der Waals surface area contributed by atoms with E-state index in [1.807, 2.05) is 17.0 Å². The van der Waals surface area contributed by atoms with Crippen LogP contribution in [-0.4, -0.2) is 63.9 Å². The van der Waals surface area contributed by atoms with Gasteiger partial charge in [0.05, 0.1) is 12.8 Å². The number of hydrogen-bond acceptors (Lipinski definition) is 7. The van der Waals surface area contributed by atoms with Gasteiger partial charge >= 0.3 is 0 Å². The normalized spacial score (nSPS) is 16.3. The van der Waals surface area contributed by atoms with Gasteiger partial charge in [0.25, 0.3) is 0 Å². The summed E-state index contributed by atoms with van der Waals surface area (Å²) < 4.78 is 21.4. The number of piperazine rings is 1. The number of aromatic nitrogens is 5.